The van der Waals surface area contributed by atoms with Crippen molar-refractivity contribution in [2.75, 3.05) is 6.54 Å². The van der Waals surface area contributed by atoms with Gasteiger partial charge in [0.25, 0.3) is 0 Å². The first-order valence-corrected chi connectivity index (χ1v) is 8.07. The predicted molar refractivity (Wildman–Crippen MR) is 81.8 cm³/mol. The van der Waals surface area contributed by atoms with E-state index in [1.54, 1.807) is 0 Å². The zero-order valence-electron chi connectivity index (χ0n) is 11.5. The van der Waals surface area contributed by atoms with E-state index in [2.05, 4.69) is 40.8 Å². The summed E-state index contributed by atoms with van der Waals surface area (Å²) in [5, 5.41) is 9.06. The maximum absolute atomic E-state index is 5.50. The van der Waals surface area contributed by atoms with Crippen molar-refractivity contribution < 1.29 is 0 Å². The topological polar surface area (TPSA) is 56.7 Å². The summed E-state index contributed by atoms with van der Waals surface area (Å²) in [7, 11) is 0. The van der Waals surface area contributed by atoms with Crippen molar-refractivity contribution in [1.82, 2.24) is 15.0 Å². The van der Waals surface area contributed by atoms with Crippen molar-refractivity contribution in [1.29, 1.82) is 0 Å². The number of nitrogens with zero attached hydrogens (tertiary/aromatic N) is 3. The SMILES string of the molecule is NCCCCc1cn(CC2Cc3ccccc3S2)nn1. The van der Waals surface area contributed by atoms with E-state index in [1.807, 2.05) is 16.4 Å². The van der Waals surface area contributed by atoms with Gasteiger partial charge in [-0.15, -0.1) is 16.9 Å². The van der Waals surface area contributed by atoms with Gasteiger partial charge in [-0.2, -0.15) is 0 Å². The van der Waals surface area contributed by atoms with E-state index in [1.165, 1.54) is 10.5 Å². The molecule has 2 heterocycles. The third-order valence-corrected chi connectivity index (χ3v) is 4.88. The fraction of sp³-hybridized carbons (Fsp3) is 0.467. The van der Waals surface area contributed by atoms with Crippen molar-refractivity contribution in [2.24, 2.45) is 5.73 Å². The van der Waals surface area contributed by atoms with Crippen LogP contribution in [0.5, 0.6) is 0 Å². The molecule has 0 spiro atoms. The first-order chi connectivity index (χ1) is 9.85. The molecule has 0 amide bonds. The molecule has 1 unspecified atom stereocenters. The number of hydrogen-bond acceptors (Lipinski definition) is 4. The highest BCUT2D eigenvalue weighted by atomic mass is 32.2. The molecule has 0 saturated carbocycles. The van der Waals surface area contributed by atoms with Crippen LogP contribution in [0.1, 0.15) is 24.1 Å². The summed E-state index contributed by atoms with van der Waals surface area (Å²) in [6, 6.07) is 8.66. The van der Waals surface area contributed by atoms with Gasteiger partial charge in [0.05, 0.1) is 12.2 Å². The Hall–Kier alpha value is -1.33. The van der Waals surface area contributed by atoms with E-state index in [9.17, 15) is 0 Å². The average Bonchev–Trinajstić information content (AvgIpc) is 3.05. The molecule has 0 bridgehead atoms. The summed E-state index contributed by atoms with van der Waals surface area (Å²) >= 11 is 1.96. The Morgan fingerprint density at radius 3 is 3.05 bits per heavy atom. The van der Waals surface area contributed by atoms with Gasteiger partial charge in [0, 0.05) is 16.3 Å². The Kier molecular flexibility index (Phi) is 4.38. The highest BCUT2D eigenvalue weighted by Gasteiger charge is 2.22. The monoisotopic (exact) mass is 288 g/mol. The van der Waals surface area contributed by atoms with Gasteiger partial charge in [-0.1, -0.05) is 23.4 Å². The van der Waals surface area contributed by atoms with Gasteiger partial charge >= 0.3 is 0 Å². The molecule has 2 N–H and O–H groups in total. The van der Waals surface area contributed by atoms with Crippen LogP contribution < -0.4 is 5.73 Å². The molecular formula is C15H20N4S. The molecule has 0 saturated heterocycles. The molecule has 1 atom stereocenters. The van der Waals surface area contributed by atoms with E-state index in [-0.39, 0.29) is 0 Å². The third-order valence-electron chi connectivity index (χ3n) is 3.58. The molecule has 4 nitrogen and oxygen atoms in total. The largest absolute Gasteiger partial charge is 0.330 e. The highest BCUT2D eigenvalue weighted by Crippen LogP contribution is 2.37. The standard InChI is InChI=1S/C15H20N4S/c16-8-4-3-6-13-10-19(18-17-13)11-14-9-12-5-1-2-7-15(12)20-14/h1-2,5,7,10,14H,3-4,6,8-9,11,16H2. The second kappa shape index (κ2) is 6.41. The van der Waals surface area contributed by atoms with Gasteiger partial charge in [-0.05, 0) is 43.9 Å². The van der Waals surface area contributed by atoms with Crippen molar-refractivity contribution >= 4 is 11.8 Å². The van der Waals surface area contributed by atoms with Crippen molar-refractivity contribution in [3.8, 4) is 0 Å². The van der Waals surface area contributed by atoms with E-state index >= 15 is 0 Å². The lowest BCUT2D eigenvalue weighted by Gasteiger charge is -2.06. The number of aryl methyl sites for hydroxylation is 1. The summed E-state index contributed by atoms with van der Waals surface area (Å²) < 4.78 is 1.99. The van der Waals surface area contributed by atoms with Crippen LogP contribution in [0.4, 0.5) is 0 Å². The van der Waals surface area contributed by atoms with Crippen molar-refractivity contribution in [3.63, 3.8) is 0 Å². The van der Waals surface area contributed by atoms with Gasteiger partial charge in [0.1, 0.15) is 0 Å². The Morgan fingerprint density at radius 1 is 1.30 bits per heavy atom. The number of unbranched alkanes of at least 4 members (excludes halogenated alkanes) is 1. The number of aromatic nitrogens is 3. The third kappa shape index (κ3) is 3.22. The Bertz CT molecular complexity index is 542. The van der Waals surface area contributed by atoms with E-state index in [0.717, 1.165) is 44.5 Å². The van der Waals surface area contributed by atoms with Gasteiger partial charge in [-0.25, -0.2) is 0 Å². The number of benzene rings is 1. The molecular weight excluding hydrogens is 268 g/mol. The lowest BCUT2D eigenvalue weighted by atomic mass is 10.1. The van der Waals surface area contributed by atoms with E-state index < -0.39 is 0 Å². The smallest absolute Gasteiger partial charge is 0.0827 e. The van der Waals surface area contributed by atoms with Crippen molar-refractivity contribution in [2.45, 2.75) is 42.4 Å². The molecule has 2 aromatic rings. The zero-order chi connectivity index (χ0) is 13.8. The minimum absolute atomic E-state index is 0.575. The number of hydrogen-bond donors (Lipinski definition) is 1. The molecule has 1 aromatic carbocycles. The normalized spacial score (nSPS) is 17.4. The molecule has 0 radical (unpaired) electrons. The van der Waals surface area contributed by atoms with Gasteiger partial charge in [0.15, 0.2) is 0 Å². The maximum atomic E-state index is 5.50. The minimum Gasteiger partial charge on any atom is -0.330 e. The summed E-state index contributed by atoms with van der Waals surface area (Å²) in [5.74, 6) is 0. The molecule has 1 aliphatic heterocycles. The Morgan fingerprint density at radius 2 is 2.20 bits per heavy atom. The van der Waals surface area contributed by atoms with Crippen LogP contribution in [-0.4, -0.2) is 26.8 Å². The van der Waals surface area contributed by atoms with E-state index in [0.29, 0.717) is 5.25 Å². The first kappa shape index (κ1) is 13.6. The van der Waals surface area contributed by atoms with Crippen LogP contribution in [0.15, 0.2) is 35.4 Å². The lowest BCUT2D eigenvalue weighted by molar-refractivity contribution is 0.572. The molecule has 0 aliphatic carbocycles. The molecule has 5 heteroatoms. The molecule has 1 aliphatic rings. The summed E-state index contributed by atoms with van der Waals surface area (Å²) in [6.45, 7) is 1.69. The maximum Gasteiger partial charge on any atom is 0.0827 e. The second-order valence-corrected chi connectivity index (χ2v) is 6.57. The lowest BCUT2D eigenvalue weighted by Crippen LogP contribution is -2.12. The van der Waals surface area contributed by atoms with Gasteiger partial charge < -0.3 is 5.73 Å². The summed E-state index contributed by atoms with van der Waals surface area (Å²) in [6.07, 6.45) is 6.35. The zero-order valence-corrected chi connectivity index (χ0v) is 12.4. The van der Waals surface area contributed by atoms with Gasteiger partial charge in [-0.3, -0.25) is 4.68 Å². The van der Waals surface area contributed by atoms with Gasteiger partial charge in [0.2, 0.25) is 0 Å². The molecule has 3 rings (SSSR count). The first-order valence-electron chi connectivity index (χ1n) is 7.19. The number of fused-ring (bicyclic) bond motifs is 1. The van der Waals surface area contributed by atoms with Crippen LogP contribution >= 0.6 is 11.8 Å². The molecule has 106 valence electrons. The quantitative estimate of drug-likeness (QED) is 0.829. The molecule has 0 fully saturated rings. The predicted octanol–water partition coefficient (Wildman–Crippen LogP) is 2.28. The van der Waals surface area contributed by atoms with Crippen LogP contribution in [-0.2, 0) is 19.4 Å². The Labute approximate surface area is 123 Å². The number of rotatable bonds is 6. The molecule has 1 aromatic heterocycles. The average molecular weight is 288 g/mol. The number of thioether (sulfide) groups is 1. The minimum atomic E-state index is 0.575. The fourth-order valence-corrected chi connectivity index (χ4v) is 3.87. The van der Waals surface area contributed by atoms with Crippen LogP contribution in [0.2, 0.25) is 0 Å². The summed E-state index contributed by atoms with van der Waals surface area (Å²) in [5.41, 5.74) is 8.05. The Balaban J connectivity index is 1.55. The van der Waals surface area contributed by atoms with Crippen LogP contribution in [0.3, 0.4) is 0 Å². The van der Waals surface area contributed by atoms with E-state index in [4.69, 9.17) is 5.73 Å². The molecule has 20 heavy (non-hydrogen) atoms. The summed E-state index contributed by atoms with van der Waals surface area (Å²) in [4.78, 5) is 1.42. The second-order valence-electron chi connectivity index (χ2n) is 5.23. The van der Waals surface area contributed by atoms with Crippen LogP contribution in [0, 0.1) is 0 Å². The van der Waals surface area contributed by atoms with Crippen molar-refractivity contribution in [3.05, 3.63) is 41.7 Å². The fourth-order valence-electron chi connectivity index (χ4n) is 2.56. The van der Waals surface area contributed by atoms with Crippen LogP contribution in [0.25, 0.3) is 0 Å². The number of nitrogens with two attached hydrogens (primary N) is 1. The highest BCUT2D eigenvalue weighted by molar-refractivity contribution is 8.00.